The molecule has 0 unspecified atom stereocenters. The molecule has 0 radical (unpaired) electrons. The third-order valence-corrected chi connectivity index (χ3v) is 9.37. The van der Waals surface area contributed by atoms with E-state index in [1.54, 1.807) is 4.31 Å². The molecule has 2 heterocycles. The summed E-state index contributed by atoms with van der Waals surface area (Å²) >= 11 is 0. The topological polar surface area (TPSA) is 60.9 Å². The van der Waals surface area contributed by atoms with Crippen LogP contribution in [0.2, 0.25) is 0 Å². The lowest BCUT2D eigenvalue weighted by atomic mass is 9.95. The van der Waals surface area contributed by atoms with Gasteiger partial charge >= 0.3 is 0 Å². The summed E-state index contributed by atoms with van der Waals surface area (Å²) in [4.78, 5) is 2.99. The number of sulfonamides is 1. The van der Waals surface area contributed by atoms with E-state index in [-0.39, 0.29) is 5.75 Å². The summed E-state index contributed by atoms with van der Waals surface area (Å²) in [5, 5.41) is 10.6. The molecule has 5 nitrogen and oxygen atoms in total. The second-order valence-electron chi connectivity index (χ2n) is 9.14. The van der Waals surface area contributed by atoms with E-state index in [0.29, 0.717) is 41.6 Å². The molecule has 0 aliphatic carbocycles. The molecule has 29 heavy (non-hydrogen) atoms. The highest BCUT2D eigenvalue weighted by atomic mass is 32.2. The van der Waals surface area contributed by atoms with Crippen molar-refractivity contribution in [2.45, 2.75) is 84.1 Å². The molecular weight excluding hydrogens is 384 g/mol. The van der Waals surface area contributed by atoms with Gasteiger partial charge in [0.1, 0.15) is 5.75 Å². The van der Waals surface area contributed by atoms with Crippen LogP contribution in [-0.2, 0) is 16.4 Å². The average molecular weight is 423 g/mol. The van der Waals surface area contributed by atoms with Crippen molar-refractivity contribution in [1.82, 2.24) is 9.21 Å². The molecular formula is C23H38N2O3S. The number of hydrogen-bond donors (Lipinski definition) is 1. The molecule has 1 aromatic rings. The van der Waals surface area contributed by atoms with Crippen LogP contribution < -0.4 is 0 Å². The fourth-order valence-electron chi connectivity index (χ4n) is 5.08. The summed E-state index contributed by atoms with van der Waals surface area (Å²) in [6.07, 6.45) is 5.88. The van der Waals surface area contributed by atoms with Gasteiger partial charge in [-0.1, -0.05) is 20.3 Å². The Morgan fingerprint density at radius 1 is 0.931 bits per heavy atom. The van der Waals surface area contributed by atoms with Crippen LogP contribution in [0.15, 0.2) is 4.90 Å². The van der Waals surface area contributed by atoms with Crippen molar-refractivity contribution in [3.63, 3.8) is 0 Å². The van der Waals surface area contributed by atoms with Gasteiger partial charge in [0.2, 0.25) is 10.0 Å². The van der Waals surface area contributed by atoms with Crippen LogP contribution in [0.5, 0.6) is 5.75 Å². The summed E-state index contributed by atoms with van der Waals surface area (Å²) in [6, 6.07) is 0.508. The third kappa shape index (κ3) is 4.35. The first-order chi connectivity index (χ1) is 13.7. The summed E-state index contributed by atoms with van der Waals surface area (Å²) < 4.78 is 28.9. The Morgan fingerprint density at radius 2 is 1.52 bits per heavy atom. The van der Waals surface area contributed by atoms with Crippen LogP contribution in [0.4, 0.5) is 0 Å². The highest BCUT2D eigenvalue weighted by molar-refractivity contribution is 7.89. The van der Waals surface area contributed by atoms with Gasteiger partial charge in [-0.25, -0.2) is 8.42 Å². The Morgan fingerprint density at radius 3 is 2.07 bits per heavy atom. The molecule has 164 valence electrons. The molecule has 0 atom stereocenters. The maximum atomic E-state index is 13.6. The van der Waals surface area contributed by atoms with Crippen molar-refractivity contribution >= 4 is 10.0 Å². The van der Waals surface area contributed by atoms with Crippen LogP contribution in [0.25, 0.3) is 0 Å². The van der Waals surface area contributed by atoms with E-state index in [4.69, 9.17) is 0 Å². The molecule has 0 aromatic heterocycles. The fraction of sp³-hybridized carbons (Fsp3) is 0.739. The molecule has 2 saturated heterocycles. The van der Waals surface area contributed by atoms with Crippen molar-refractivity contribution in [3.05, 3.63) is 22.3 Å². The van der Waals surface area contributed by atoms with Crippen LogP contribution in [0, 0.1) is 26.7 Å². The molecule has 1 N–H and O–H groups in total. The fourth-order valence-corrected chi connectivity index (χ4v) is 7.08. The number of benzene rings is 1. The lowest BCUT2D eigenvalue weighted by molar-refractivity contribution is 0.101. The average Bonchev–Trinajstić information content (AvgIpc) is 2.70. The maximum absolute atomic E-state index is 13.6. The number of phenols is 1. The summed E-state index contributed by atoms with van der Waals surface area (Å²) in [6.45, 7) is 13.3. The largest absolute Gasteiger partial charge is 0.507 e. The molecule has 1 aromatic carbocycles. The monoisotopic (exact) mass is 422 g/mol. The van der Waals surface area contributed by atoms with Gasteiger partial charge in [0.25, 0.3) is 0 Å². The van der Waals surface area contributed by atoms with E-state index >= 15 is 0 Å². The maximum Gasteiger partial charge on any atom is 0.243 e. The predicted octanol–water partition coefficient (Wildman–Crippen LogP) is 4.15. The number of aromatic hydroxyl groups is 1. The van der Waals surface area contributed by atoms with Crippen molar-refractivity contribution in [2.75, 3.05) is 26.2 Å². The third-order valence-electron chi connectivity index (χ3n) is 7.19. The van der Waals surface area contributed by atoms with E-state index in [9.17, 15) is 13.5 Å². The normalized spacial score (nSPS) is 21.0. The standard InChI is InChI=1S/C23H38N2O3S/c1-6-7-21-19(5)23(18(4)17(3)22(21)26)29(27,28)25-14-10-20(11-15-25)24-12-8-16(2)9-13-24/h16,20,26H,6-15H2,1-5H3. The Labute approximate surface area is 177 Å². The minimum atomic E-state index is -3.56. The molecule has 6 heteroatoms. The van der Waals surface area contributed by atoms with Crippen molar-refractivity contribution < 1.29 is 13.5 Å². The smallest absolute Gasteiger partial charge is 0.243 e. The lowest BCUT2D eigenvalue weighted by Crippen LogP contribution is -2.49. The molecule has 0 saturated carbocycles. The zero-order valence-corrected chi connectivity index (χ0v) is 19.6. The Kier molecular flexibility index (Phi) is 6.96. The second kappa shape index (κ2) is 8.94. The Bertz CT molecular complexity index is 834. The molecule has 2 aliphatic heterocycles. The van der Waals surface area contributed by atoms with E-state index in [1.165, 1.54) is 12.8 Å². The zero-order chi connectivity index (χ0) is 21.3. The van der Waals surface area contributed by atoms with E-state index in [2.05, 4.69) is 11.8 Å². The minimum absolute atomic E-state index is 0.263. The van der Waals surface area contributed by atoms with Crippen LogP contribution in [-0.4, -0.2) is 55.0 Å². The number of hydrogen-bond acceptors (Lipinski definition) is 4. The first-order valence-corrected chi connectivity index (χ1v) is 12.7. The number of phenolic OH excluding ortho intramolecular Hbond substituents is 1. The van der Waals surface area contributed by atoms with Gasteiger partial charge in [-0.05, 0) is 94.1 Å². The van der Waals surface area contributed by atoms with Crippen LogP contribution in [0.3, 0.4) is 0 Å². The summed E-state index contributed by atoms with van der Waals surface area (Å²) in [5.74, 6) is 1.08. The number of piperidine rings is 2. The first kappa shape index (κ1) is 22.6. The van der Waals surface area contributed by atoms with Crippen LogP contribution in [0.1, 0.15) is 68.2 Å². The highest BCUT2D eigenvalue weighted by Gasteiger charge is 2.35. The van der Waals surface area contributed by atoms with E-state index < -0.39 is 10.0 Å². The molecule has 2 aliphatic rings. The predicted molar refractivity (Wildman–Crippen MR) is 118 cm³/mol. The highest BCUT2D eigenvalue weighted by Crippen LogP contribution is 2.37. The van der Waals surface area contributed by atoms with Gasteiger partial charge in [-0.15, -0.1) is 0 Å². The van der Waals surface area contributed by atoms with Crippen molar-refractivity contribution in [2.24, 2.45) is 5.92 Å². The molecule has 0 bridgehead atoms. The molecule has 0 spiro atoms. The molecule has 2 fully saturated rings. The molecule has 0 amide bonds. The quantitative estimate of drug-likeness (QED) is 0.774. The Hall–Kier alpha value is -1.11. The van der Waals surface area contributed by atoms with Gasteiger partial charge in [0, 0.05) is 19.1 Å². The van der Waals surface area contributed by atoms with Gasteiger partial charge in [-0.3, -0.25) is 0 Å². The Balaban J connectivity index is 1.82. The first-order valence-electron chi connectivity index (χ1n) is 11.2. The molecule has 3 rings (SSSR count). The van der Waals surface area contributed by atoms with E-state index in [0.717, 1.165) is 49.4 Å². The van der Waals surface area contributed by atoms with Crippen molar-refractivity contribution in [1.29, 1.82) is 0 Å². The van der Waals surface area contributed by atoms with Crippen LogP contribution >= 0.6 is 0 Å². The number of nitrogens with zero attached hydrogens (tertiary/aromatic N) is 2. The lowest BCUT2D eigenvalue weighted by Gasteiger charge is -2.41. The van der Waals surface area contributed by atoms with Gasteiger partial charge < -0.3 is 10.0 Å². The number of rotatable bonds is 5. The SMILES string of the molecule is CCCc1c(C)c(S(=O)(=O)N2CCC(N3CCC(C)CC3)CC2)c(C)c(C)c1O. The van der Waals surface area contributed by atoms with Gasteiger partial charge in [0.15, 0.2) is 0 Å². The minimum Gasteiger partial charge on any atom is -0.507 e. The summed E-state index contributed by atoms with van der Waals surface area (Å²) in [7, 11) is -3.56. The van der Waals surface area contributed by atoms with Gasteiger partial charge in [-0.2, -0.15) is 4.31 Å². The summed E-state index contributed by atoms with van der Waals surface area (Å²) in [5.41, 5.74) is 2.88. The van der Waals surface area contributed by atoms with Gasteiger partial charge in [0.05, 0.1) is 4.90 Å². The van der Waals surface area contributed by atoms with Crippen molar-refractivity contribution in [3.8, 4) is 5.75 Å². The number of likely N-dealkylation sites (tertiary alicyclic amines) is 1. The second-order valence-corrected chi connectivity index (χ2v) is 11.0. The zero-order valence-electron chi connectivity index (χ0n) is 18.8. The van der Waals surface area contributed by atoms with E-state index in [1.807, 2.05) is 27.7 Å².